The summed E-state index contributed by atoms with van der Waals surface area (Å²) in [5, 5.41) is 2.53. The molecule has 0 aromatic carbocycles. The molecule has 0 bridgehead atoms. The number of rotatable bonds is 2. The first-order valence-electron chi connectivity index (χ1n) is 3.87. The third-order valence-electron chi connectivity index (χ3n) is 2.54. The van der Waals surface area contributed by atoms with Gasteiger partial charge in [-0.15, -0.1) is 0 Å². The highest BCUT2D eigenvalue weighted by Gasteiger charge is 2.47. The molecule has 3 heteroatoms. The van der Waals surface area contributed by atoms with Crippen molar-refractivity contribution in [2.75, 3.05) is 7.05 Å². The van der Waals surface area contributed by atoms with Gasteiger partial charge >= 0.3 is 0 Å². The maximum atomic E-state index is 11.2. The Morgan fingerprint density at radius 1 is 1.36 bits per heavy atom. The second-order valence-corrected chi connectivity index (χ2v) is 3.07. The number of hydrogen-bond acceptors (Lipinski definition) is 2. The molecule has 1 rings (SSSR count). The lowest BCUT2D eigenvalue weighted by Gasteiger charge is -2.37. The summed E-state index contributed by atoms with van der Waals surface area (Å²) >= 11 is 0. The van der Waals surface area contributed by atoms with Crippen LogP contribution in [-0.2, 0) is 9.59 Å². The average molecular weight is 155 g/mol. The van der Waals surface area contributed by atoms with Crippen molar-refractivity contribution in [2.24, 2.45) is 5.41 Å². The topological polar surface area (TPSA) is 46.2 Å². The molecule has 1 N–H and O–H groups in total. The SMILES string of the molecule is CNC(=O)C1(C(C)=O)CCC1. The molecule has 0 saturated heterocycles. The van der Waals surface area contributed by atoms with Gasteiger partial charge < -0.3 is 5.32 Å². The van der Waals surface area contributed by atoms with Crippen LogP contribution < -0.4 is 5.32 Å². The molecule has 0 spiro atoms. The van der Waals surface area contributed by atoms with Crippen LogP contribution in [-0.4, -0.2) is 18.7 Å². The van der Waals surface area contributed by atoms with E-state index < -0.39 is 5.41 Å². The first-order chi connectivity index (χ1) is 5.13. The Bertz CT molecular complexity index is 194. The molecule has 62 valence electrons. The van der Waals surface area contributed by atoms with Crippen molar-refractivity contribution in [1.29, 1.82) is 0 Å². The van der Waals surface area contributed by atoms with Crippen molar-refractivity contribution < 1.29 is 9.59 Å². The van der Waals surface area contributed by atoms with Crippen LogP contribution in [0.5, 0.6) is 0 Å². The first kappa shape index (κ1) is 8.24. The number of carbonyl (C=O) groups excluding carboxylic acids is 2. The summed E-state index contributed by atoms with van der Waals surface area (Å²) in [6.45, 7) is 1.49. The Kier molecular flexibility index (Phi) is 1.98. The normalized spacial score (nSPS) is 20.2. The molecular weight excluding hydrogens is 142 g/mol. The van der Waals surface area contributed by atoms with Crippen LogP contribution in [0, 0.1) is 5.41 Å². The maximum absolute atomic E-state index is 11.2. The molecule has 1 amide bonds. The zero-order valence-corrected chi connectivity index (χ0v) is 6.94. The minimum atomic E-state index is -0.658. The summed E-state index contributed by atoms with van der Waals surface area (Å²) in [4.78, 5) is 22.3. The summed E-state index contributed by atoms with van der Waals surface area (Å²) in [5.41, 5.74) is -0.658. The van der Waals surface area contributed by atoms with E-state index in [1.54, 1.807) is 7.05 Å². The van der Waals surface area contributed by atoms with Gasteiger partial charge in [0.2, 0.25) is 5.91 Å². The van der Waals surface area contributed by atoms with Crippen LogP contribution in [0.4, 0.5) is 0 Å². The molecule has 11 heavy (non-hydrogen) atoms. The van der Waals surface area contributed by atoms with E-state index in [0.717, 1.165) is 19.3 Å². The lowest BCUT2D eigenvalue weighted by molar-refractivity contribution is -0.146. The Morgan fingerprint density at radius 3 is 2.00 bits per heavy atom. The molecule has 0 unspecified atom stereocenters. The van der Waals surface area contributed by atoms with E-state index in [0.29, 0.717) is 0 Å². The van der Waals surface area contributed by atoms with Gasteiger partial charge in [0.25, 0.3) is 0 Å². The van der Waals surface area contributed by atoms with E-state index in [-0.39, 0.29) is 11.7 Å². The zero-order valence-electron chi connectivity index (χ0n) is 6.94. The number of hydrogen-bond donors (Lipinski definition) is 1. The standard InChI is InChI=1S/C8H13NO2/c1-6(10)8(4-3-5-8)7(11)9-2/h3-5H2,1-2H3,(H,9,11). The molecule has 3 nitrogen and oxygen atoms in total. The molecule has 0 heterocycles. The Balaban J connectivity index is 2.75. The molecular formula is C8H13NO2. The van der Waals surface area contributed by atoms with Crippen molar-refractivity contribution in [2.45, 2.75) is 26.2 Å². The van der Waals surface area contributed by atoms with Crippen molar-refractivity contribution in [3.05, 3.63) is 0 Å². The minimum absolute atomic E-state index is 0.00287. The number of Topliss-reactive ketones (excluding diaryl/α,β-unsaturated/α-hetero) is 1. The van der Waals surface area contributed by atoms with Crippen LogP contribution in [0.2, 0.25) is 0 Å². The van der Waals surface area contributed by atoms with E-state index in [2.05, 4.69) is 5.32 Å². The van der Waals surface area contributed by atoms with Gasteiger partial charge in [0.1, 0.15) is 11.2 Å². The van der Waals surface area contributed by atoms with Crippen molar-refractivity contribution in [3.8, 4) is 0 Å². The zero-order chi connectivity index (χ0) is 8.48. The predicted octanol–water partition coefficient (Wildman–Crippen LogP) is 0.492. The van der Waals surface area contributed by atoms with Gasteiger partial charge in [0.05, 0.1) is 0 Å². The van der Waals surface area contributed by atoms with Gasteiger partial charge in [-0.2, -0.15) is 0 Å². The Labute approximate surface area is 66.2 Å². The van der Waals surface area contributed by atoms with Crippen molar-refractivity contribution in [1.82, 2.24) is 5.32 Å². The summed E-state index contributed by atoms with van der Waals surface area (Å²) in [6, 6.07) is 0. The van der Waals surface area contributed by atoms with Crippen LogP contribution in [0.3, 0.4) is 0 Å². The third-order valence-corrected chi connectivity index (χ3v) is 2.54. The fraction of sp³-hybridized carbons (Fsp3) is 0.750. The lowest BCUT2D eigenvalue weighted by atomic mass is 9.65. The Morgan fingerprint density at radius 2 is 1.91 bits per heavy atom. The van der Waals surface area contributed by atoms with Crippen LogP contribution >= 0.6 is 0 Å². The predicted molar refractivity (Wildman–Crippen MR) is 41.0 cm³/mol. The average Bonchev–Trinajstić information content (AvgIpc) is 1.84. The second-order valence-electron chi connectivity index (χ2n) is 3.07. The van der Waals surface area contributed by atoms with Gasteiger partial charge in [-0.3, -0.25) is 9.59 Å². The van der Waals surface area contributed by atoms with Crippen LogP contribution in [0.15, 0.2) is 0 Å². The summed E-state index contributed by atoms with van der Waals surface area (Å²) in [5.74, 6) is -0.112. The van der Waals surface area contributed by atoms with E-state index in [1.807, 2.05) is 0 Å². The van der Waals surface area contributed by atoms with Gasteiger partial charge in [-0.25, -0.2) is 0 Å². The number of carbonyl (C=O) groups is 2. The molecule has 1 aliphatic carbocycles. The van der Waals surface area contributed by atoms with Crippen molar-refractivity contribution in [3.63, 3.8) is 0 Å². The molecule has 0 aliphatic heterocycles. The maximum Gasteiger partial charge on any atom is 0.233 e. The van der Waals surface area contributed by atoms with E-state index in [1.165, 1.54) is 6.92 Å². The smallest absolute Gasteiger partial charge is 0.233 e. The van der Waals surface area contributed by atoms with Gasteiger partial charge in [-0.1, -0.05) is 6.42 Å². The summed E-state index contributed by atoms with van der Waals surface area (Å²) in [7, 11) is 1.57. The fourth-order valence-corrected chi connectivity index (χ4v) is 1.51. The molecule has 0 aromatic heterocycles. The highest BCUT2D eigenvalue weighted by Crippen LogP contribution is 2.41. The monoisotopic (exact) mass is 155 g/mol. The fourth-order valence-electron chi connectivity index (χ4n) is 1.51. The second kappa shape index (κ2) is 2.64. The van der Waals surface area contributed by atoms with E-state index >= 15 is 0 Å². The molecule has 1 aliphatic rings. The molecule has 0 aromatic rings. The highest BCUT2D eigenvalue weighted by atomic mass is 16.2. The minimum Gasteiger partial charge on any atom is -0.358 e. The number of ketones is 1. The number of amides is 1. The molecule has 0 radical (unpaired) electrons. The van der Waals surface area contributed by atoms with Crippen molar-refractivity contribution >= 4 is 11.7 Å². The van der Waals surface area contributed by atoms with E-state index in [4.69, 9.17) is 0 Å². The van der Waals surface area contributed by atoms with E-state index in [9.17, 15) is 9.59 Å². The lowest BCUT2D eigenvalue weighted by Crippen LogP contribution is -2.49. The summed E-state index contributed by atoms with van der Waals surface area (Å²) < 4.78 is 0. The largest absolute Gasteiger partial charge is 0.358 e. The highest BCUT2D eigenvalue weighted by molar-refractivity contribution is 6.05. The molecule has 1 fully saturated rings. The van der Waals surface area contributed by atoms with Gasteiger partial charge in [0, 0.05) is 7.05 Å². The summed E-state index contributed by atoms with van der Waals surface area (Å²) in [6.07, 6.45) is 2.44. The van der Waals surface area contributed by atoms with Crippen LogP contribution in [0.1, 0.15) is 26.2 Å². The quantitative estimate of drug-likeness (QED) is 0.590. The van der Waals surface area contributed by atoms with Gasteiger partial charge in [-0.05, 0) is 19.8 Å². The molecule has 1 saturated carbocycles. The Hall–Kier alpha value is -0.860. The third kappa shape index (κ3) is 1.04. The van der Waals surface area contributed by atoms with Gasteiger partial charge in [0.15, 0.2) is 0 Å². The first-order valence-corrected chi connectivity index (χ1v) is 3.87. The van der Waals surface area contributed by atoms with Crippen LogP contribution in [0.25, 0.3) is 0 Å². The molecule has 0 atom stereocenters. The number of nitrogens with one attached hydrogen (secondary N) is 1.